The second kappa shape index (κ2) is 8.01. The van der Waals surface area contributed by atoms with Crippen LogP contribution in [0.25, 0.3) is 10.9 Å². The lowest BCUT2D eigenvalue weighted by molar-refractivity contribution is -0.143. The number of benzene rings is 2. The molecule has 1 N–H and O–H groups in total. The van der Waals surface area contributed by atoms with Gasteiger partial charge in [0.05, 0.1) is 28.6 Å². The molecule has 170 valence electrons. The normalized spacial score (nSPS) is 12.3. The van der Waals surface area contributed by atoms with Crippen LogP contribution in [-0.2, 0) is 30.2 Å². The van der Waals surface area contributed by atoms with Gasteiger partial charge in [-0.2, -0.15) is 26.3 Å². The molecule has 0 amide bonds. The van der Waals surface area contributed by atoms with Crippen LogP contribution in [0.1, 0.15) is 16.7 Å². The molecule has 0 atom stereocenters. The third kappa shape index (κ3) is 4.64. The van der Waals surface area contributed by atoms with E-state index in [2.05, 4.69) is 0 Å². The first-order chi connectivity index (χ1) is 14.7. The third-order valence-corrected chi connectivity index (χ3v) is 4.70. The predicted molar refractivity (Wildman–Crippen MR) is 101 cm³/mol. The number of alkyl halides is 6. The van der Waals surface area contributed by atoms with E-state index in [-0.39, 0.29) is 22.0 Å². The molecule has 3 aromatic rings. The van der Waals surface area contributed by atoms with E-state index in [4.69, 9.17) is 16.7 Å². The van der Waals surface area contributed by atoms with Crippen molar-refractivity contribution in [3.05, 3.63) is 78.9 Å². The topological polar surface area (TPSA) is 81.3 Å². The summed E-state index contributed by atoms with van der Waals surface area (Å²) in [6.07, 6.45) is -10.2. The number of aromatic nitrogens is 2. The van der Waals surface area contributed by atoms with Gasteiger partial charge in [-0.3, -0.25) is 18.7 Å². The van der Waals surface area contributed by atoms with E-state index in [9.17, 15) is 40.7 Å². The molecule has 6 nitrogen and oxygen atoms in total. The lowest BCUT2D eigenvalue weighted by Crippen LogP contribution is -2.41. The van der Waals surface area contributed by atoms with Crippen molar-refractivity contribution in [2.45, 2.75) is 25.4 Å². The highest BCUT2D eigenvalue weighted by Gasteiger charge is 2.37. The van der Waals surface area contributed by atoms with Gasteiger partial charge in [-0.15, -0.1) is 0 Å². The van der Waals surface area contributed by atoms with Gasteiger partial charge in [-0.1, -0.05) is 11.6 Å². The molecule has 0 fully saturated rings. The number of nitrogens with zero attached hydrogens (tertiary/aromatic N) is 2. The minimum absolute atomic E-state index is 0.0703. The van der Waals surface area contributed by atoms with E-state index in [1.807, 2.05) is 0 Å². The second-order valence-electron chi connectivity index (χ2n) is 6.73. The SMILES string of the molecule is O=C(O)Cn1c(=O)n(Cc2cc(C(F)(F)F)cc(C(F)(F)F)c2)c(=O)c2ccc(Cl)cc21. The zero-order valence-electron chi connectivity index (χ0n) is 15.6. The van der Waals surface area contributed by atoms with Gasteiger partial charge in [0, 0.05) is 5.02 Å². The second-order valence-corrected chi connectivity index (χ2v) is 7.17. The van der Waals surface area contributed by atoms with Crippen LogP contribution in [0.2, 0.25) is 5.02 Å². The molecule has 3 rings (SSSR count). The minimum Gasteiger partial charge on any atom is -0.480 e. The van der Waals surface area contributed by atoms with E-state index in [0.717, 1.165) is 6.07 Å². The quantitative estimate of drug-likeness (QED) is 0.573. The molecule has 2 aromatic carbocycles. The standard InChI is InChI=1S/C19H11ClF6N2O4/c20-12-1-2-13-14(6-12)27(8-15(29)30)17(32)28(16(13)31)7-9-3-10(18(21,22)23)5-11(4-9)19(24,25)26/h1-6H,7-8H2,(H,29,30). The molecule has 0 spiro atoms. The van der Waals surface area contributed by atoms with E-state index in [0.29, 0.717) is 21.3 Å². The first kappa shape index (κ1) is 23.4. The largest absolute Gasteiger partial charge is 0.480 e. The Bertz CT molecular complexity index is 1310. The Hall–Kier alpha value is -3.28. The number of carboxylic acid groups (broad SMARTS) is 1. The van der Waals surface area contributed by atoms with Crippen LogP contribution in [0.3, 0.4) is 0 Å². The maximum Gasteiger partial charge on any atom is 0.416 e. The average molecular weight is 481 g/mol. The molecule has 0 bridgehead atoms. The summed E-state index contributed by atoms with van der Waals surface area (Å²) in [5.41, 5.74) is -6.28. The lowest BCUT2D eigenvalue weighted by Gasteiger charge is -2.16. The summed E-state index contributed by atoms with van der Waals surface area (Å²) in [5.74, 6) is -1.47. The molecule has 32 heavy (non-hydrogen) atoms. The first-order valence-corrected chi connectivity index (χ1v) is 8.99. The van der Waals surface area contributed by atoms with Crippen LogP contribution < -0.4 is 11.2 Å². The Kier molecular flexibility index (Phi) is 5.85. The molecule has 0 aliphatic heterocycles. The van der Waals surface area contributed by atoms with Gasteiger partial charge < -0.3 is 5.11 Å². The Morgan fingerprint density at radius 3 is 1.97 bits per heavy atom. The van der Waals surface area contributed by atoms with Crippen LogP contribution in [0, 0.1) is 0 Å². The summed E-state index contributed by atoms with van der Waals surface area (Å²) >= 11 is 5.84. The van der Waals surface area contributed by atoms with E-state index < -0.39 is 59.4 Å². The minimum atomic E-state index is -5.12. The summed E-state index contributed by atoms with van der Waals surface area (Å²) in [6, 6.07) is 4.26. The molecule has 0 radical (unpaired) electrons. The number of aliphatic carboxylic acids is 1. The highest BCUT2D eigenvalue weighted by molar-refractivity contribution is 6.31. The number of hydrogen-bond acceptors (Lipinski definition) is 3. The highest BCUT2D eigenvalue weighted by Crippen LogP contribution is 2.36. The number of carbonyl (C=O) groups is 1. The van der Waals surface area contributed by atoms with Crippen molar-refractivity contribution in [1.29, 1.82) is 0 Å². The van der Waals surface area contributed by atoms with Gasteiger partial charge in [0.2, 0.25) is 0 Å². The molecule has 0 aliphatic carbocycles. The Labute approximate surface area is 178 Å². The van der Waals surface area contributed by atoms with Crippen molar-refractivity contribution in [3.63, 3.8) is 0 Å². The number of rotatable bonds is 4. The summed E-state index contributed by atoms with van der Waals surface area (Å²) in [6.45, 7) is -1.88. The molecule has 0 saturated carbocycles. The van der Waals surface area contributed by atoms with Crippen LogP contribution in [0.4, 0.5) is 26.3 Å². The smallest absolute Gasteiger partial charge is 0.416 e. The maximum atomic E-state index is 13.1. The maximum absolute atomic E-state index is 13.1. The fourth-order valence-corrected chi connectivity index (χ4v) is 3.28. The molecular formula is C19H11ClF6N2O4. The number of carboxylic acids is 1. The van der Waals surface area contributed by atoms with Gasteiger partial charge in [0.25, 0.3) is 5.56 Å². The van der Waals surface area contributed by atoms with Crippen molar-refractivity contribution < 1.29 is 36.2 Å². The van der Waals surface area contributed by atoms with Crippen LogP contribution in [0.15, 0.2) is 46.0 Å². The van der Waals surface area contributed by atoms with Crippen LogP contribution in [0.5, 0.6) is 0 Å². The Balaban J connectivity index is 2.28. The Morgan fingerprint density at radius 2 is 1.47 bits per heavy atom. The lowest BCUT2D eigenvalue weighted by atomic mass is 10.0. The van der Waals surface area contributed by atoms with Gasteiger partial charge in [-0.25, -0.2) is 4.79 Å². The predicted octanol–water partition coefficient (Wildman–Crippen LogP) is 3.99. The van der Waals surface area contributed by atoms with Gasteiger partial charge in [0.1, 0.15) is 6.54 Å². The van der Waals surface area contributed by atoms with Gasteiger partial charge >= 0.3 is 24.0 Å². The molecular weight excluding hydrogens is 470 g/mol. The summed E-state index contributed by atoms with van der Waals surface area (Å²) in [5, 5.41) is 8.97. The molecule has 13 heteroatoms. The molecule has 0 unspecified atom stereocenters. The zero-order chi connectivity index (χ0) is 24.0. The number of fused-ring (bicyclic) bond motifs is 1. The Morgan fingerprint density at radius 1 is 0.906 bits per heavy atom. The fourth-order valence-electron chi connectivity index (χ4n) is 3.11. The van der Waals surface area contributed by atoms with Crippen molar-refractivity contribution >= 4 is 28.5 Å². The van der Waals surface area contributed by atoms with Crippen LogP contribution in [-0.4, -0.2) is 20.2 Å². The van der Waals surface area contributed by atoms with Crippen LogP contribution >= 0.6 is 11.6 Å². The summed E-state index contributed by atoms with van der Waals surface area (Å²) < 4.78 is 79.7. The van der Waals surface area contributed by atoms with E-state index in [1.165, 1.54) is 12.1 Å². The van der Waals surface area contributed by atoms with E-state index in [1.54, 1.807) is 0 Å². The van der Waals surface area contributed by atoms with Gasteiger partial charge in [0.15, 0.2) is 0 Å². The van der Waals surface area contributed by atoms with Crippen molar-refractivity contribution in [2.24, 2.45) is 0 Å². The fraction of sp³-hybridized carbons (Fsp3) is 0.211. The molecule has 1 aromatic heterocycles. The summed E-state index contributed by atoms with van der Waals surface area (Å²) in [7, 11) is 0. The van der Waals surface area contributed by atoms with Gasteiger partial charge in [-0.05, 0) is 42.0 Å². The molecule has 1 heterocycles. The average Bonchev–Trinajstić information content (AvgIpc) is 2.66. The van der Waals surface area contributed by atoms with Crippen molar-refractivity contribution in [3.8, 4) is 0 Å². The molecule has 0 saturated heterocycles. The molecule has 0 aliphatic rings. The number of hydrogen-bond donors (Lipinski definition) is 1. The van der Waals surface area contributed by atoms with Crippen molar-refractivity contribution in [2.75, 3.05) is 0 Å². The third-order valence-electron chi connectivity index (χ3n) is 4.47. The monoisotopic (exact) mass is 480 g/mol. The van der Waals surface area contributed by atoms with E-state index >= 15 is 0 Å². The van der Waals surface area contributed by atoms with Crippen molar-refractivity contribution in [1.82, 2.24) is 9.13 Å². The first-order valence-electron chi connectivity index (χ1n) is 8.61. The number of halogens is 7. The highest BCUT2D eigenvalue weighted by atomic mass is 35.5. The summed E-state index contributed by atoms with van der Waals surface area (Å²) in [4.78, 5) is 36.8. The zero-order valence-corrected chi connectivity index (χ0v) is 16.3.